The monoisotopic (exact) mass is 266 g/mol. The summed E-state index contributed by atoms with van der Waals surface area (Å²) in [5.41, 5.74) is 6.72. The topological polar surface area (TPSA) is 67.5 Å². The van der Waals surface area contributed by atoms with E-state index in [0.29, 0.717) is 18.8 Å². The van der Waals surface area contributed by atoms with Crippen LogP contribution in [0, 0.1) is 0 Å². The van der Waals surface area contributed by atoms with Crippen LogP contribution in [0.25, 0.3) is 0 Å². The largest absolute Gasteiger partial charge is 0.493 e. The molecular weight excluding hydrogens is 240 g/mol. The molecule has 0 aromatic heterocycles. The molecular formula is C15H26N2O2. The Labute approximate surface area is 116 Å². The first-order chi connectivity index (χ1) is 9.03. The van der Waals surface area contributed by atoms with Crippen LogP contribution in [0.4, 0.5) is 11.4 Å². The summed E-state index contributed by atoms with van der Waals surface area (Å²) < 4.78 is 5.58. The second-order valence-electron chi connectivity index (χ2n) is 4.92. The van der Waals surface area contributed by atoms with Crippen LogP contribution >= 0.6 is 0 Å². The number of hydrogen-bond donors (Lipinski definition) is 3. The predicted octanol–water partition coefficient (Wildman–Crippen LogP) is 3.02. The standard InChI is InChI=1S/C15H26N2O2/c1-4-7-19-14-9-12(16)8-13(10-14)17-11-15(18,5-2)6-3/h8-10,17-18H,4-7,11,16H2,1-3H3. The van der Waals surface area contributed by atoms with Crippen molar-refractivity contribution in [1.29, 1.82) is 0 Å². The fraction of sp³-hybridized carbons (Fsp3) is 0.600. The second kappa shape index (κ2) is 7.24. The Morgan fingerprint density at radius 3 is 2.47 bits per heavy atom. The molecule has 0 radical (unpaired) electrons. The normalized spacial score (nSPS) is 11.4. The zero-order valence-corrected chi connectivity index (χ0v) is 12.2. The van der Waals surface area contributed by atoms with Crippen LogP contribution in [0.2, 0.25) is 0 Å². The molecule has 0 fully saturated rings. The lowest BCUT2D eigenvalue weighted by atomic mass is 9.97. The van der Waals surface area contributed by atoms with Crippen molar-refractivity contribution >= 4 is 11.4 Å². The van der Waals surface area contributed by atoms with E-state index in [9.17, 15) is 5.11 Å². The molecule has 0 aliphatic heterocycles. The number of nitrogens with two attached hydrogens (primary N) is 1. The molecule has 0 aliphatic rings. The minimum absolute atomic E-state index is 0.511. The Bertz CT molecular complexity index is 390. The van der Waals surface area contributed by atoms with E-state index in [-0.39, 0.29) is 0 Å². The van der Waals surface area contributed by atoms with Crippen molar-refractivity contribution in [3.63, 3.8) is 0 Å². The molecule has 0 heterocycles. The van der Waals surface area contributed by atoms with E-state index < -0.39 is 5.60 Å². The van der Waals surface area contributed by atoms with Crippen molar-refractivity contribution in [2.75, 3.05) is 24.2 Å². The van der Waals surface area contributed by atoms with Crippen LogP contribution in [0.5, 0.6) is 5.75 Å². The third kappa shape index (κ3) is 4.99. The predicted molar refractivity (Wildman–Crippen MR) is 80.7 cm³/mol. The first kappa shape index (κ1) is 15.6. The van der Waals surface area contributed by atoms with Crippen LogP contribution in [0.3, 0.4) is 0 Å². The van der Waals surface area contributed by atoms with E-state index in [1.54, 1.807) is 0 Å². The smallest absolute Gasteiger partial charge is 0.123 e. The Morgan fingerprint density at radius 2 is 1.89 bits per heavy atom. The van der Waals surface area contributed by atoms with Gasteiger partial charge < -0.3 is 20.9 Å². The molecule has 4 heteroatoms. The summed E-state index contributed by atoms with van der Waals surface area (Å²) in [5, 5.41) is 13.5. The number of nitrogen functional groups attached to an aromatic ring is 1. The molecule has 1 rings (SSSR count). The third-order valence-corrected chi connectivity index (χ3v) is 3.34. The molecule has 1 aromatic rings. The van der Waals surface area contributed by atoms with Gasteiger partial charge in [-0.25, -0.2) is 0 Å². The molecule has 4 N–H and O–H groups in total. The van der Waals surface area contributed by atoms with Crippen molar-refractivity contribution in [3.05, 3.63) is 18.2 Å². The van der Waals surface area contributed by atoms with Crippen LogP contribution in [0.1, 0.15) is 40.0 Å². The van der Waals surface area contributed by atoms with Crippen LogP contribution in [-0.4, -0.2) is 23.9 Å². The van der Waals surface area contributed by atoms with Gasteiger partial charge in [0, 0.05) is 30.1 Å². The van der Waals surface area contributed by atoms with Gasteiger partial charge in [0.1, 0.15) is 5.75 Å². The fourth-order valence-corrected chi connectivity index (χ4v) is 1.79. The molecule has 0 unspecified atom stereocenters. The highest BCUT2D eigenvalue weighted by Crippen LogP contribution is 2.24. The average molecular weight is 266 g/mol. The summed E-state index contributed by atoms with van der Waals surface area (Å²) in [7, 11) is 0. The molecule has 0 spiro atoms. The molecule has 0 aliphatic carbocycles. The van der Waals surface area contributed by atoms with Gasteiger partial charge in [-0.1, -0.05) is 20.8 Å². The lowest BCUT2D eigenvalue weighted by Crippen LogP contribution is -2.35. The molecule has 0 atom stereocenters. The van der Waals surface area contributed by atoms with Gasteiger partial charge in [-0.2, -0.15) is 0 Å². The van der Waals surface area contributed by atoms with Crippen LogP contribution in [0.15, 0.2) is 18.2 Å². The molecule has 108 valence electrons. The zero-order valence-electron chi connectivity index (χ0n) is 12.2. The van der Waals surface area contributed by atoms with E-state index in [0.717, 1.165) is 30.7 Å². The molecule has 0 saturated carbocycles. The highest BCUT2D eigenvalue weighted by atomic mass is 16.5. The third-order valence-electron chi connectivity index (χ3n) is 3.34. The summed E-state index contributed by atoms with van der Waals surface area (Å²) >= 11 is 0. The Hall–Kier alpha value is -1.42. The van der Waals surface area contributed by atoms with Crippen LogP contribution in [-0.2, 0) is 0 Å². The van der Waals surface area contributed by atoms with Crippen molar-refractivity contribution < 1.29 is 9.84 Å². The zero-order chi connectivity index (χ0) is 14.3. The van der Waals surface area contributed by atoms with Gasteiger partial charge in [0.2, 0.25) is 0 Å². The number of anilines is 2. The van der Waals surface area contributed by atoms with Gasteiger partial charge in [-0.3, -0.25) is 0 Å². The lowest BCUT2D eigenvalue weighted by molar-refractivity contribution is 0.0457. The maximum absolute atomic E-state index is 10.2. The number of nitrogens with one attached hydrogen (secondary N) is 1. The van der Waals surface area contributed by atoms with E-state index in [1.165, 1.54) is 0 Å². The average Bonchev–Trinajstić information content (AvgIpc) is 2.42. The van der Waals surface area contributed by atoms with E-state index in [2.05, 4.69) is 12.2 Å². The maximum Gasteiger partial charge on any atom is 0.123 e. The Balaban J connectivity index is 2.70. The number of rotatable bonds is 8. The summed E-state index contributed by atoms with van der Waals surface area (Å²) in [5.74, 6) is 0.765. The summed E-state index contributed by atoms with van der Waals surface area (Å²) in [6.45, 7) is 7.22. The number of hydrogen-bond acceptors (Lipinski definition) is 4. The van der Waals surface area contributed by atoms with E-state index >= 15 is 0 Å². The molecule has 19 heavy (non-hydrogen) atoms. The maximum atomic E-state index is 10.2. The summed E-state index contributed by atoms with van der Waals surface area (Å²) in [4.78, 5) is 0. The molecule has 0 saturated heterocycles. The van der Waals surface area contributed by atoms with E-state index in [4.69, 9.17) is 10.5 Å². The van der Waals surface area contributed by atoms with Crippen molar-refractivity contribution in [1.82, 2.24) is 0 Å². The molecule has 0 bridgehead atoms. The summed E-state index contributed by atoms with van der Waals surface area (Å²) in [6.07, 6.45) is 2.40. The van der Waals surface area contributed by atoms with Gasteiger partial charge in [0.15, 0.2) is 0 Å². The number of benzene rings is 1. The quantitative estimate of drug-likeness (QED) is 0.633. The molecule has 0 amide bonds. The fourth-order valence-electron chi connectivity index (χ4n) is 1.79. The van der Waals surface area contributed by atoms with Crippen molar-refractivity contribution in [3.8, 4) is 5.75 Å². The van der Waals surface area contributed by atoms with Gasteiger partial charge in [0.05, 0.1) is 12.2 Å². The highest BCUT2D eigenvalue weighted by Gasteiger charge is 2.21. The molecule has 1 aromatic carbocycles. The first-order valence-electron chi connectivity index (χ1n) is 7.02. The van der Waals surface area contributed by atoms with Gasteiger partial charge in [0.25, 0.3) is 0 Å². The number of aliphatic hydroxyl groups is 1. The number of ether oxygens (including phenoxy) is 1. The van der Waals surface area contributed by atoms with E-state index in [1.807, 2.05) is 32.0 Å². The van der Waals surface area contributed by atoms with Crippen molar-refractivity contribution in [2.24, 2.45) is 0 Å². The SMILES string of the molecule is CCCOc1cc(N)cc(NCC(O)(CC)CC)c1. The lowest BCUT2D eigenvalue weighted by Gasteiger charge is -2.26. The molecule has 4 nitrogen and oxygen atoms in total. The van der Waals surface area contributed by atoms with Crippen molar-refractivity contribution in [2.45, 2.75) is 45.6 Å². The second-order valence-corrected chi connectivity index (χ2v) is 4.92. The Kier molecular flexibility index (Phi) is 5.96. The van der Waals surface area contributed by atoms with Crippen LogP contribution < -0.4 is 15.8 Å². The minimum atomic E-state index is -0.672. The van der Waals surface area contributed by atoms with Gasteiger partial charge in [-0.05, 0) is 25.3 Å². The summed E-state index contributed by atoms with van der Waals surface area (Å²) in [6, 6.07) is 5.58. The minimum Gasteiger partial charge on any atom is -0.493 e. The van der Waals surface area contributed by atoms with Gasteiger partial charge in [-0.15, -0.1) is 0 Å². The first-order valence-corrected chi connectivity index (χ1v) is 7.02. The van der Waals surface area contributed by atoms with Gasteiger partial charge >= 0.3 is 0 Å². The Morgan fingerprint density at radius 1 is 1.21 bits per heavy atom. The highest BCUT2D eigenvalue weighted by molar-refractivity contribution is 5.59.